The van der Waals surface area contributed by atoms with Crippen LogP contribution in [0.5, 0.6) is 0 Å². The van der Waals surface area contributed by atoms with Crippen LogP contribution in [0, 0.1) is 11.8 Å². The Hall–Kier alpha value is -1.84. The van der Waals surface area contributed by atoms with Crippen molar-refractivity contribution in [2.45, 2.75) is 51.5 Å². The number of anilines is 1. The van der Waals surface area contributed by atoms with Crippen LogP contribution < -0.4 is 9.18 Å². The predicted octanol–water partition coefficient (Wildman–Crippen LogP) is 6.08. The van der Waals surface area contributed by atoms with E-state index < -0.39 is 10.8 Å². The summed E-state index contributed by atoms with van der Waals surface area (Å²) in [6.45, 7) is 9.72. The van der Waals surface area contributed by atoms with E-state index in [4.69, 9.17) is 13.4 Å². The smallest absolute Gasteiger partial charge is 0.308 e. The fraction of sp³-hybridized carbons (Fsp3) is 0.480. The van der Waals surface area contributed by atoms with Crippen molar-refractivity contribution in [3.63, 3.8) is 0 Å². The molecule has 0 N–H and O–H groups in total. The number of benzene rings is 2. The van der Waals surface area contributed by atoms with Crippen LogP contribution in [0.15, 0.2) is 52.2 Å². The Balaban J connectivity index is 1.48. The van der Waals surface area contributed by atoms with Gasteiger partial charge in [0.25, 0.3) is 0 Å². The predicted molar refractivity (Wildman–Crippen MR) is 136 cm³/mol. The minimum Gasteiger partial charge on any atom is -0.381 e. The molecule has 178 valence electrons. The summed E-state index contributed by atoms with van der Waals surface area (Å²) < 4.78 is 22.2. The standard InChI is InChI=1S/C25H32N2O4S2/c1-4-19-5-7-21(8-6-19)27(16-18(2)3)33(30-31-33)22-9-10-23-24(15-22)32-25(28)26(23)17-20-11-13-29-14-12-20/h5-10,15,18,20H,4,11-14,16-17H2,1-3H3. The van der Waals surface area contributed by atoms with Gasteiger partial charge >= 0.3 is 4.87 Å². The number of fused-ring (bicyclic) bond motifs is 1. The summed E-state index contributed by atoms with van der Waals surface area (Å²) in [6.07, 6.45) is 3.03. The maximum Gasteiger partial charge on any atom is 0.308 e. The Morgan fingerprint density at radius 3 is 2.48 bits per heavy atom. The Morgan fingerprint density at radius 2 is 1.85 bits per heavy atom. The maximum atomic E-state index is 12.8. The topological polar surface area (TPSA) is 59.5 Å². The van der Waals surface area contributed by atoms with Gasteiger partial charge in [-0.2, -0.15) is 0 Å². The molecule has 6 nitrogen and oxygen atoms in total. The minimum atomic E-state index is -2.03. The normalized spacial score (nSPS) is 19.2. The first-order chi connectivity index (χ1) is 16.0. The van der Waals surface area contributed by atoms with E-state index in [-0.39, 0.29) is 4.87 Å². The Labute approximate surface area is 200 Å². The monoisotopic (exact) mass is 488 g/mol. The number of thiazole rings is 1. The van der Waals surface area contributed by atoms with Gasteiger partial charge in [0.1, 0.15) is 0 Å². The fourth-order valence-electron chi connectivity index (χ4n) is 4.44. The van der Waals surface area contributed by atoms with E-state index in [1.165, 1.54) is 16.9 Å². The van der Waals surface area contributed by atoms with E-state index in [1.54, 1.807) is 0 Å². The molecule has 2 saturated heterocycles. The largest absolute Gasteiger partial charge is 0.381 e. The van der Waals surface area contributed by atoms with Crippen LogP contribution in [0.2, 0.25) is 0 Å². The van der Waals surface area contributed by atoms with Crippen molar-refractivity contribution in [2.75, 3.05) is 24.1 Å². The van der Waals surface area contributed by atoms with Gasteiger partial charge in [-0.15, -0.1) is 0 Å². The first-order valence-electron chi connectivity index (χ1n) is 11.8. The van der Waals surface area contributed by atoms with Gasteiger partial charge in [-0.1, -0.05) is 52.9 Å². The van der Waals surface area contributed by atoms with E-state index in [2.05, 4.69) is 67.5 Å². The molecule has 3 aromatic rings. The summed E-state index contributed by atoms with van der Waals surface area (Å²) in [5.41, 5.74) is 3.40. The molecule has 0 aliphatic carbocycles. The zero-order valence-electron chi connectivity index (χ0n) is 19.5. The van der Waals surface area contributed by atoms with Gasteiger partial charge in [0.15, 0.2) is 0 Å². The van der Waals surface area contributed by atoms with E-state index in [1.807, 2.05) is 4.57 Å². The lowest BCUT2D eigenvalue weighted by atomic mass is 10.0. The van der Waals surface area contributed by atoms with E-state index in [0.29, 0.717) is 11.8 Å². The molecule has 2 aliphatic rings. The van der Waals surface area contributed by atoms with Crippen molar-refractivity contribution in [1.29, 1.82) is 0 Å². The van der Waals surface area contributed by atoms with Crippen LogP contribution in [-0.4, -0.2) is 24.3 Å². The molecule has 0 unspecified atom stereocenters. The average molecular weight is 489 g/mol. The molecule has 3 heterocycles. The molecular weight excluding hydrogens is 456 g/mol. The second-order valence-electron chi connectivity index (χ2n) is 9.25. The van der Waals surface area contributed by atoms with E-state index >= 15 is 0 Å². The summed E-state index contributed by atoms with van der Waals surface area (Å²) in [7, 11) is -2.03. The molecule has 2 aliphatic heterocycles. The van der Waals surface area contributed by atoms with Crippen molar-refractivity contribution in [3.8, 4) is 0 Å². The van der Waals surface area contributed by atoms with Crippen LogP contribution >= 0.6 is 22.1 Å². The van der Waals surface area contributed by atoms with Crippen LogP contribution in [-0.2, 0) is 26.4 Å². The summed E-state index contributed by atoms with van der Waals surface area (Å²) in [4.78, 5) is 13.9. The second kappa shape index (κ2) is 9.43. The van der Waals surface area contributed by atoms with Crippen LogP contribution in [0.25, 0.3) is 10.2 Å². The van der Waals surface area contributed by atoms with Gasteiger partial charge < -0.3 is 4.74 Å². The van der Waals surface area contributed by atoms with Gasteiger partial charge in [-0.05, 0) is 77.8 Å². The summed E-state index contributed by atoms with van der Waals surface area (Å²) in [6, 6.07) is 14.9. The minimum absolute atomic E-state index is 0.101. The molecule has 0 atom stereocenters. The molecule has 5 rings (SSSR count). The maximum absolute atomic E-state index is 12.8. The van der Waals surface area contributed by atoms with Crippen LogP contribution in [0.4, 0.5) is 5.69 Å². The number of aromatic nitrogens is 1. The van der Waals surface area contributed by atoms with E-state index in [0.717, 1.165) is 66.4 Å². The molecular formula is C25H32N2O4S2. The van der Waals surface area contributed by atoms with Crippen molar-refractivity contribution < 1.29 is 13.4 Å². The molecule has 2 fully saturated rings. The zero-order valence-corrected chi connectivity index (χ0v) is 21.1. The third-order valence-corrected chi connectivity index (χ3v) is 9.50. The first-order valence-corrected chi connectivity index (χ1v) is 14.0. The average Bonchev–Trinajstić information content (AvgIpc) is 3.58. The lowest BCUT2D eigenvalue weighted by molar-refractivity contribution is 0.0614. The molecule has 8 heteroatoms. The lowest BCUT2D eigenvalue weighted by Crippen LogP contribution is -2.26. The Bertz CT molecular complexity index is 1160. The highest BCUT2D eigenvalue weighted by Crippen LogP contribution is 2.74. The lowest BCUT2D eigenvalue weighted by Gasteiger charge is -2.34. The SMILES string of the molecule is CCc1ccc(N(CC(C)C)S2(c3ccc4c(c3)sc(=O)n4CC3CCOCC3)OO2)cc1. The number of hydrogen-bond donors (Lipinski definition) is 0. The summed E-state index contributed by atoms with van der Waals surface area (Å²) in [5, 5.41) is 0. The number of ether oxygens (including phenoxy) is 1. The van der Waals surface area contributed by atoms with Crippen molar-refractivity contribution >= 4 is 38.0 Å². The highest BCUT2D eigenvalue weighted by atomic mass is 32.3. The third-order valence-electron chi connectivity index (χ3n) is 6.37. The number of aryl methyl sites for hydroxylation is 1. The molecule has 0 bridgehead atoms. The Morgan fingerprint density at radius 1 is 1.12 bits per heavy atom. The molecule has 1 aromatic heterocycles. The molecule has 0 radical (unpaired) electrons. The Kier molecular flexibility index (Phi) is 6.55. The molecule has 0 amide bonds. The highest BCUT2D eigenvalue weighted by molar-refractivity contribution is 8.30. The first kappa shape index (κ1) is 22.9. The van der Waals surface area contributed by atoms with Crippen LogP contribution in [0.1, 0.15) is 39.2 Å². The van der Waals surface area contributed by atoms with Gasteiger partial charge in [0.05, 0.1) is 20.8 Å². The third kappa shape index (κ3) is 4.59. The quantitative estimate of drug-likeness (QED) is 0.284. The number of rotatable bonds is 8. The second-order valence-corrected chi connectivity index (χ2v) is 12.4. The molecule has 33 heavy (non-hydrogen) atoms. The van der Waals surface area contributed by atoms with Gasteiger partial charge in [-0.3, -0.25) is 13.7 Å². The highest BCUT2D eigenvalue weighted by Gasteiger charge is 2.48. The molecule has 0 saturated carbocycles. The molecule has 0 spiro atoms. The van der Waals surface area contributed by atoms with Crippen molar-refractivity contribution in [2.24, 2.45) is 11.8 Å². The molecule has 2 aromatic carbocycles. The summed E-state index contributed by atoms with van der Waals surface area (Å²) in [5.74, 6) is 0.932. The number of hydrogen-bond acceptors (Lipinski definition) is 6. The van der Waals surface area contributed by atoms with Crippen LogP contribution in [0.3, 0.4) is 0 Å². The van der Waals surface area contributed by atoms with Crippen molar-refractivity contribution in [3.05, 3.63) is 57.7 Å². The summed E-state index contributed by atoms with van der Waals surface area (Å²) >= 11 is 1.31. The van der Waals surface area contributed by atoms with Gasteiger partial charge in [-0.25, -0.2) is 0 Å². The number of nitrogens with zero attached hydrogens (tertiary/aromatic N) is 2. The van der Waals surface area contributed by atoms with Crippen molar-refractivity contribution in [1.82, 2.24) is 4.57 Å². The fourth-order valence-corrected chi connectivity index (χ4v) is 7.63. The van der Waals surface area contributed by atoms with E-state index in [9.17, 15) is 4.79 Å². The zero-order chi connectivity index (χ0) is 23.0. The van der Waals surface area contributed by atoms with Gasteiger partial charge in [0.2, 0.25) is 0 Å². The van der Waals surface area contributed by atoms with Gasteiger partial charge in [0, 0.05) is 26.3 Å².